The quantitative estimate of drug-likeness (QED) is 0.505. The van der Waals surface area contributed by atoms with Crippen molar-refractivity contribution in [2.24, 2.45) is 4.99 Å². The molecule has 9 heteroatoms. The number of guanidine groups is 1. The van der Waals surface area contributed by atoms with Crippen LogP contribution in [0.15, 0.2) is 35.6 Å². The number of nitrogens with one attached hydrogen (secondary N) is 2. The summed E-state index contributed by atoms with van der Waals surface area (Å²) < 4.78 is 39.8. The molecule has 1 heterocycles. The lowest BCUT2D eigenvalue weighted by atomic mass is 10.1. The Kier molecular flexibility index (Phi) is 8.28. The van der Waals surface area contributed by atoms with Crippen LogP contribution in [-0.2, 0) is 25.6 Å². The monoisotopic (exact) mass is 396 g/mol. The standard InChI is InChI=1S/C19H27F3N6/c1-3-10-23-18(25-12-13-28-14-26-27-17(28)4-2)24-11-9-15-5-7-16(8-6-15)19(20,21)22/h5-8,14H,3-4,9-13H2,1-2H3,(H2,23,24,25). The molecule has 1 aromatic heterocycles. The largest absolute Gasteiger partial charge is 0.416 e. The van der Waals surface area contributed by atoms with Gasteiger partial charge >= 0.3 is 6.18 Å². The maximum atomic E-state index is 12.6. The Bertz CT molecular complexity index is 737. The van der Waals surface area contributed by atoms with Crippen molar-refractivity contribution in [3.05, 3.63) is 47.5 Å². The van der Waals surface area contributed by atoms with E-state index in [1.807, 2.05) is 18.4 Å². The SMILES string of the molecule is CCCN=C(NCCc1ccc(C(F)(F)F)cc1)NCCn1cnnc1CC. The third-order valence-corrected chi connectivity index (χ3v) is 4.14. The molecule has 0 spiro atoms. The van der Waals surface area contributed by atoms with Gasteiger partial charge in [-0.2, -0.15) is 13.2 Å². The minimum absolute atomic E-state index is 0.577. The summed E-state index contributed by atoms with van der Waals surface area (Å²) in [5.41, 5.74) is 0.212. The van der Waals surface area contributed by atoms with Crippen LogP contribution in [0.4, 0.5) is 13.2 Å². The maximum absolute atomic E-state index is 12.6. The zero-order valence-electron chi connectivity index (χ0n) is 16.3. The average molecular weight is 396 g/mol. The normalized spacial score (nSPS) is 12.2. The maximum Gasteiger partial charge on any atom is 0.416 e. The molecule has 0 aliphatic rings. The Morgan fingerprint density at radius 1 is 1.11 bits per heavy atom. The van der Waals surface area contributed by atoms with E-state index in [-0.39, 0.29) is 0 Å². The van der Waals surface area contributed by atoms with E-state index in [2.05, 4.69) is 25.8 Å². The highest BCUT2D eigenvalue weighted by Gasteiger charge is 2.29. The first kappa shape index (κ1) is 21.7. The Balaban J connectivity index is 1.81. The van der Waals surface area contributed by atoms with Gasteiger partial charge in [-0.05, 0) is 30.5 Å². The molecular formula is C19H27F3N6. The van der Waals surface area contributed by atoms with E-state index in [0.29, 0.717) is 32.0 Å². The third-order valence-electron chi connectivity index (χ3n) is 4.14. The predicted molar refractivity (Wildman–Crippen MR) is 103 cm³/mol. The van der Waals surface area contributed by atoms with E-state index < -0.39 is 11.7 Å². The van der Waals surface area contributed by atoms with Crippen molar-refractivity contribution in [1.29, 1.82) is 0 Å². The summed E-state index contributed by atoms with van der Waals surface area (Å²) in [5, 5.41) is 14.5. The molecule has 0 aliphatic carbocycles. The fourth-order valence-electron chi connectivity index (χ4n) is 2.62. The zero-order chi connectivity index (χ0) is 20.4. The summed E-state index contributed by atoms with van der Waals surface area (Å²) in [6, 6.07) is 5.26. The first-order valence-corrected chi connectivity index (χ1v) is 9.49. The van der Waals surface area contributed by atoms with Gasteiger partial charge in [0.25, 0.3) is 0 Å². The van der Waals surface area contributed by atoms with Crippen molar-refractivity contribution >= 4 is 5.96 Å². The molecule has 0 aliphatic heterocycles. The first-order chi connectivity index (χ1) is 13.4. The number of alkyl halides is 3. The molecule has 28 heavy (non-hydrogen) atoms. The van der Waals surface area contributed by atoms with Crippen molar-refractivity contribution in [2.75, 3.05) is 19.6 Å². The molecule has 0 amide bonds. The van der Waals surface area contributed by atoms with Gasteiger partial charge in [-0.25, -0.2) is 0 Å². The van der Waals surface area contributed by atoms with Crippen LogP contribution in [0.2, 0.25) is 0 Å². The van der Waals surface area contributed by atoms with Gasteiger partial charge in [0.05, 0.1) is 5.56 Å². The molecule has 1 aromatic carbocycles. The van der Waals surface area contributed by atoms with Gasteiger partial charge < -0.3 is 15.2 Å². The predicted octanol–water partition coefficient (Wildman–Crippen LogP) is 3.05. The van der Waals surface area contributed by atoms with E-state index in [1.54, 1.807) is 6.33 Å². The molecule has 6 nitrogen and oxygen atoms in total. The van der Waals surface area contributed by atoms with Gasteiger partial charge in [-0.15, -0.1) is 10.2 Å². The lowest BCUT2D eigenvalue weighted by molar-refractivity contribution is -0.137. The summed E-state index contributed by atoms with van der Waals surface area (Å²) in [6.07, 6.45) is -0.236. The van der Waals surface area contributed by atoms with Crippen LogP contribution in [0.3, 0.4) is 0 Å². The van der Waals surface area contributed by atoms with Gasteiger partial charge in [0.1, 0.15) is 12.2 Å². The van der Waals surface area contributed by atoms with E-state index in [1.165, 1.54) is 12.1 Å². The molecule has 0 atom stereocenters. The number of aromatic nitrogens is 3. The average Bonchev–Trinajstić information content (AvgIpc) is 3.13. The lowest BCUT2D eigenvalue weighted by Gasteiger charge is -2.14. The van der Waals surface area contributed by atoms with Crippen LogP contribution >= 0.6 is 0 Å². The smallest absolute Gasteiger partial charge is 0.356 e. The van der Waals surface area contributed by atoms with Gasteiger partial charge in [0.2, 0.25) is 0 Å². The van der Waals surface area contributed by atoms with E-state index in [9.17, 15) is 13.2 Å². The second-order valence-corrected chi connectivity index (χ2v) is 6.32. The van der Waals surface area contributed by atoms with Gasteiger partial charge in [0.15, 0.2) is 5.96 Å². The fraction of sp³-hybridized carbons (Fsp3) is 0.526. The second-order valence-electron chi connectivity index (χ2n) is 6.32. The molecule has 2 N–H and O–H groups in total. The number of rotatable bonds is 9. The minimum atomic E-state index is -4.30. The minimum Gasteiger partial charge on any atom is -0.356 e. The molecule has 0 saturated carbocycles. The number of hydrogen-bond acceptors (Lipinski definition) is 3. The van der Waals surface area contributed by atoms with Crippen LogP contribution in [-0.4, -0.2) is 40.4 Å². The highest BCUT2D eigenvalue weighted by molar-refractivity contribution is 5.79. The van der Waals surface area contributed by atoms with E-state index in [0.717, 1.165) is 42.9 Å². The summed E-state index contributed by atoms with van der Waals surface area (Å²) in [6.45, 7) is 6.75. The van der Waals surface area contributed by atoms with Crippen molar-refractivity contribution in [3.63, 3.8) is 0 Å². The Morgan fingerprint density at radius 3 is 2.46 bits per heavy atom. The number of nitrogens with zero attached hydrogens (tertiary/aromatic N) is 4. The van der Waals surface area contributed by atoms with E-state index >= 15 is 0 Å². The number of aliphatic imine (C=N–C) groups is 1. The zero-order valence-corrected chi connectivity index (χ0v) is 16.3. The number of benzene rings is 1. The van der Waals surface area contributed by atoms with Crippen LogP contribution in [0, 0.1) is 0 Å². The molecule has 0 saturated heterocycles. The molecule has 2 rings (SSSR count). The van der Waals surface area contributed by atoms with E-state index in [4.69, 9.17) is 0 Å². The van der Waals surface area contributed by atoms with Crippen LogP contribution in [0.1, 0.15) is 37.2 Å². The highest BCUT2D eigenvalue weighted by atomic mass is 19.4. The molecule has 154 valence electrons. The number of aryl methyl sites for hydroxylation is 1. The Hall–Kier alpha value is -2.58. The number of halogens is 3. The summed E-state index contributed by atoms with van der Waals surface area (Å²) in [5.74, 6) is 1.63. The molecular weight excluding hydrogens is 369 g/mol. The third kappa shape index (κ3) is 6.86. The Labute approximate surface area is 163 Å². The fourth-order valence-corrected chi connectivity index (χ4v) is 2.62. The second kappa shape index (κ2) is 10.7. The lowest BCUT2D eigenvalue weighted by Crippen LogP contribution is -2.40. The summed E-state index contributed by atoms with van der Waals surface area (Å²) >= 11 is 0. The molecule has 0 fully saturated rings. The van der Waals surface area contributed by atoms with Gasteiger partial charge in [0, 0.05) is 32.6 Å². The Morgan fingerprint density at radius 2 is 1.82 bits per heavy atom. The van der Waals surface area contributed by atoms with Crippen molar-refractivity contribution in [2.45, 2.75) is 45.8 Å². The molecule has 2 aromatic rings. The summed E-state index contributed by atoms with van der Waals surface area (Å²) in [4.78, 5) is 4.49. The van der Waals surface area contributed by atoms with Crippen LogP contribution < -0.4 is 10.6 Å². The topological polar surface area (TPSA) is 67.1 Å². The van der Waals surface area contributed by atoms with Crippen molar-refractivity contribution < 1.29 is 13.2 Å². The van der Waals surface area contributed by atoms with Crippen molar-refractivity contribution in [1.82, 2.24) is 25.4 Å². The first-order valence-electron chi connectivity index (χ1n) is 9.49. The van der Waals surface area contributed by atoms with Crippen LogP contribution in [0.25, 0.3) is 0 Å². The molecule has 0 bridgehead atoms. The van der Waals surface area contributed by atoms with Gasteiger partial charge in [-0.3, -0.25) is 4.99 Å². The molecule has 0 unspecified atom stereocenters. The molecule has 0 radical (unpaired) electrons. The van der Waals surface area contributed by atoms with Crippen LogP contribution in [0.5, 0.6) is 0 Å². The van der Waals surface area contributed by atoms with Gasteiger partial charge in [-0.1, -0.05) is 26.0 Å². The highest BCUT2D eigenvalue weighted by Crippen LogP contribution is 2.29. The number of hydrogen-bond donors (Lipinski definition) is 2. The van der Waals surface area contributed by atoms with Crippen molar-refractivity contribution in [3.8, 4) is 0 Å². The summed E-state index contributed by atoms with van der Waals surface area (Å²) in [7, 11) is 0.